The van der Waals surface area contributed by atoms with Crippen molar-refractivity contribution in [2.75, 3.05) is 18.0 Å². The second-order valence-electron chi connectivity index (χ2n) is 6.18. The summed E-state index contributed by atoms with van der Waals surface area (Å²) in [6, 6.07) is 14.4. The van der Waals surface area contributed by atoms with Crippen molar-refractivity contribution in [3.8, 4) is 0 Å². The number of fused-ring (bicyclic) bond motifs is 1. The van der Waals surface area contributed by atoms with Crippen molar-refractivity contribution in [3.63, 3.8) is 0 Å². The molecule has 1 heterocycles. The van der Waals surface area contributed by atoms with Crippen molar-refractivity contribution in [3.05, 3.63) is 76.8 Å². The summed E-state index contributed by atoms with van der Waals surface area (Å²) in [6.07, 6.45) is 2.32. The molecule has 0 radical (unpaired) electrons. The van der Waals surface area contributed by atoms with Crippen LogP contribution in [0.1, 0.15) is 33.6 Å². The van der Waals surface area contributed by atoms with Gasteiger partial charge in [0.1, 0.15) is 0 Å². The molecule has 0 unspecified atom stereocenters. The van der Waals surface area contributed by atoms with Crippen LogP contribution < -0.4 is 4.90 Å². The quantitative estimate of drug-likeness (QED) is 0.495. The molecule has 1 aliphatic heterocycles. The number of hydrogen-bond acceptors (Lipinski definition) is 3. The minimum absolute atomic E-state index is 0.0690. The number of carbonyl (C=O) groups excluding carboxylic acids is 3. The number of para-hydroxylation sites is 1. The molecule has 2 aromatic rings. The van der Waals surface area contributed by atoms with Crippen molar-refractivity contribution >= 4 is 39.3 Å². The fourth-order valence-electron chi connectivity index (χ4n) is 3.08. The topological polar surface area (TPSA) is 57.7 Å². The Hall–Kier alpha value is -2.73. The van der Waals surface area contributed by atoms with Crippen molar-refractivity contribution in [2.24, 2.45) is 0 Å². The highest BCUT2D eigenvalue weighted by Crippen LogP contribution is 2.26. The number of amides is 3. The first kappa shape index (κ1) is 19.0. The van der Waals surface area contributed by atoms with Crippen LogP contribution in [-0.2, 0) is 4.79 Å². The molecule has 0 N–H and O–H groups in total. The first-order chi connectivity index (χ1) is 13.0. The molecule has 1 aliphatic rings. The summed E-state index contributed by atoms with van der Waals surface area (Å²) < 4.78 is 0.752. The van der Waals surface area contributed by atoms with Gasteiger partial charge in [-0.25, -0.2) is 0 Å². The molecule has 0 aromatic heterocycles. The number of anilines is 1. The lowest BCUT2D eigenvalue weighted by Crippen LogP contribution is -2.34. The molecular weight excluding hydrogens is 408 g/mol. The summed E-state index contributed by atoms with van der Waals surface area (Å²) in [7, 11) is 0. The molecule has 0 bridgehead atoms. The Labute approximate surface area is 166 Å². The molecule has 0 spiro atoms. The van der Waals surface area contributed by atoms with E-state index in [4.69, 9.17) is 0 Å². The first-order valence-electron chi connectivity index (χ1n) is 8.65. The van der Waals surface area contributed by atoms with Gasteiger partial charge < -0.3 is 4.90 Å². The second kappa shape index (κ2) is 8.31. The molecule has 0 fully saturated rings. The van der Waals surface area contributed by atoms with Gasteiger partial charge in [-0.15, -0.1) is 6.58 Å². The Kier molecular flexibility index (Phi) is 5.86. The van der Waals surface area contributed by atoms with Crippen LogP contribution in [0.25, 0.3) is 0 Å². The van der Waals surface area contributed by atoms with Crippen LogP contribution in [-0.4, -0.2) is 35.7 Å². The highest BCUT2D eigenvalue weighted by Gasteiger charge is 2.35. The maximum atomic E-state index is 12.6. The number of hydrogen-bond donors (Lipinski definition) is 0. The summed E-state index contributed by atoms with van der Waals surface area (Å²) >= 11 is 3.32. The zero-order valence-corrected chi connectivity index (χ0v) is 16.3. The van der Waals surface area contributed by atoms with E-state index in [1.165, 1.54) is 4.90 Å². The maximum Gasteiger partial charge on any atom is 0.261 e. The molecular formula is C21H19BrN2O3. The van der Waals surface area contributed by atoms with Crippen LogP contribution in [0.4, 0.5) is 5.69 Å². The zero-order chi connectivity index (χ0) is 19.4. The van der Waals surface area contributed by atoms with Gasteiger partial charge in [-0.1, -0.05) is 40.2 Å². The van der Waals surface area contributed by atoms with E-state index in [2.05, 4.69) is 22.5 Å². The molecule has 3 rings (SSSR count). The predicted octanol–water partition coefficient (Wildman–Crippen LogP) is 4.04. The van der Waals surface area contributed by atoms with Crippen molar-refractivity contribution in [1.82, 2.24) is 4.90 Å². The third-order valence-electron chi connectivity index (χ3n) is 4.39. The van der Waals surface area contributed by atoms with E-state index in [1.807, 2.05) is 30.3 Å². The van der Waals surface area contributed by atoms with E-state index in [0.717, 1.165) is 10.2 Å². The Morgan fingerprint density at radius 2 is 1.78 bits per heavy atom. The van der Waals surface area contributed by atoms with Crippen LogP contribution >= 0.6 is 15.9 Å². The summed E-state index contributed by atoms with van der Waals surface area (Å²) in [5.74, 6) is -0.684. The molecule has 2 aromatic carbocycles. The van der Waals surface area contributed by atoms with E-state index >= 15 is 0 Å². The van der Waals surface area contributed by atoms with Gasteiger partial charge in [0.2, 0.25) is 5.91 Å². The van der Waals surface area contributed by atoms with Gasteiger partial charge in [-0.05, 0) is 36.8 Å². The van der Waals surface area contributed by atoms with Gasteiger partial charge in [0, 0.05) is 29.7 Å². The third kappa shape index (κ3) is 4.01. The Morgan fingerprint density at radius 3 is 2.48 bits per heavy atom. The number of imide groups is 1. The van der Waals surface area contributed by atoms with Gasteiger partial charge in [-0.2, -0.15) is 0 Å². The minimum Gasteiger partial charge on any atom is -0.309 e. The average Bonchev–Trinajstić information content (AvgIpc) is 2.91. The second-order valence-corrected chi connectivity index (χ2v) is 7.10. The first-order valence-corrected chi connectivity index (χ1v) is 9.44. The van der Waals surface area contributed by atoms with Crippen LogP contribution in [0.2, 0.25) is 0 Å². The molecule has 27 heavy (non-hydrogen) atoms. The highest BCUT2D eigenvalue weighted by molar-refractivity contribution is 9.10. The molecule has 5 nitrogen and oxygen atoms in total. The van der Waals surface area contributed by atoms with Crippen LogP contribution in [0, 0.1) is 0 Å². The summed E-state index contributed by atoms with van der Waals surface area (Å²) in [4.78, 5) is 40.4. The zero-order valence-electron chi connectivity index (χ0n) is 14.7. The molecule has 6 heteroatoms. The number of benzene rings is 2. The lowest BCUT2D eigenvalue weighted by Gasteiger charge is -2.22. The Morgan fingerprint density at radius 1 is 1.07 bits per heavy atom. The fraction of sp³-hybridized carbons (Fsp3) is 0.190. The standard InChI is InChI=1S/C21H19BrN2O3/c1-2-12-23(16-7-4-3-5-8-16)19(25)9-6-13-24-20(26)17-11-10-15(22)14-18(17)21(24)27/h2-5,7-8,10-11,14H,1,6,9,12-13H2. The van der Waals surface area contributed by atoms with Crippen molar-refractivity contribution in [2.45, 2.75) is 12.8 Å². The van der Waals surface area contributed by atoms with Gasteiger partial charge in [0.15, 0.2) is 0 Å². The molecule has 0 saturated heterocycles. The van der Waals surface area contributed by atoms with Crippen LogP contribution in [0.15, 0.2) is 65.7 Å². The van der Waals surface area contributed by atoms with Crippen molar-refractivity contribution < 1.29 is 14.4 Å². The fourth-order valence-corrected chi connectivity index (χ4v) is 3.44. The van der Waals surface area contributed by atoms with E-state index in [9.17, 15) is 14.4 Å². The number of carbonyl (C=O) groups is 3. The molecule has 0 aliphatic carbocycles. The minimum atomic E-state index is -0.310. The summed E-state index contributed by atoms with van der Waals surface area (Å²) in [5, 5.41) is 0. The Bertz CT molecular complexity index is 896. The van der Waals surface area contributed by atoms with Gasteiger partial charge >= 0.3 is 0 Å². The Balaban J connectivity index is 1.62. The largest absolute Gasteiger partial charge is 0.309 e. The van der Waals surface area contributed by atoms with Crippen LogP contribution in [0.5, 0.6) is 0 Å². The predicted molar refractivity (Wildman–Crippen MR) is 108 cm³/mol. The molecule has 3 amide bonds. The van der Waals surface area contributed by atoms with E-state index < -0.39 is 0 Å². The normalized spacial score (nSPS) is 12.9. The van der Waals surface area contributed by atoms with E-state index in [1.54, 1.807) is 29.2 Å². The number of halogens is 1. The molecule has 0 saturated carbocycles. The van der Waals surface area contributed by atoms with Gasteiger partial charge in [0.25, 0.3) is 11.8 Å². The summed E-state index contributed by atoms with van der Waals surface area (Å²) in [6.45, 7) is 4.33. The van der Waals surface area contributed by atoms with Gasteiger partial charge in [-0.3, -0.25) is 19.3 Å². The number of rotatable bonds is 7. The SMILES string of the molecule is C=CCN(C(=O)CCCN1C(=O)c2ccc(Br)cc2C1=O)c1ccccc1. The monoisotopic (exact) mass is 426 g/mol. The van der Waals surface area contributed by atoms with E-state index in [0.29, 0.717) is 24.1 Å². The highest BCUT2D eigenvalue weighted by atomic mass is 79.9. The number of nitrogens with zero attached hydrogens (tertiary/aromatic N) is 2. The molecule has 0 atom stereocenters. The average molecular weight is 427 g/mol. The third-order valence-corrected chi connectivity index (χ3v) is 4.88. The van der Waals surface area contributed by atoms with E-state index in [-0.39, 0.29) is 30.7 Å². The van der Waals surface area contributed by atoms with Gasteiger partial charge in [0.05, 0.1) is 11.1 Å². The summed E-state index contributed by atoms with van der Waals surface area (Å²) in [5.41, 5.74) is 1.61. The maximum absolute atomic E-state index is 12.6. The lowest BCUT2D eigenvalue weighted by atomic mass is 10.1. The lowest BCUT2D eigenvalue weighted by molar-refractivity contribution is -0.118. The molecule has 138 valence electrons. The van der Waals surface area contributed by atoms with Crippen molar-refractivity contribution in [1.29, 1.82) is 0 Å². The smallest absolute Gasteiger partial charge is 0.261 e. The van der Waals surface area contributed by atoms with Crippen LogP contribution in [0.3, 0.4) is 0 Å².